The predicted molar refractivity (Wildman–Crippen MR) is 72.4 cm³/mol. The molecule has 0 heterocycles. The van der Waals surface area contributed by atoms with Crippen molar-refractivity contribution < 1.29 is 14.3 Å². The van der Waals surface area contributed by atoms with Crippen LogP contribution in [0.15, 0.2) is 24.3 Å². The summed E-state index contributed by atoms with van der Waals surface area (Å²) in [5, 5.41) is 0. The maximum Gasteiger partial charge on any atom is 0.330 e. The second kappa shape index (κ2) is 7.67. The predicted octanol–water partition coefficient (Wildman–Crippen LogP) is 2.76. The van der Waals surface area contributed by atoms with E-state index in [4.69, 9.17) is 9.47 Å². The van der Waals surface area contributed by atoms with Crippen LogP contribution in [-0.2, 0) is 20.7 Å². The summed E-state index contributed by atoms with van der Waals surface area (Å²) in [7, 11) is 1.68. The van der Waals surface area contributed by atoms with Crippen molar-refractivity contribution in [3.05, 3.63) is 41.0 Å². The van der Waals surface area contributed by atoms with Gasteiger partial charge in [0.2, 0.25) is 0 Å². The molecule has 1 rings (SSSR count). The molecule has 0 aliphatic rings. The lowest BCUT2D eigenvalue weighted by atomic mass is 10.0. The smallest absolute Gasteiger partial charge is 0.330 e. The first-order chi connectivity index (χ1) is 8.67. The lowest BCUT2D eigenvalue weighted by Crippen LogP contribution is -2.00. The summed E-state index contributed by atoms with van der Waals surface area (Å²) in [5.74, 6) is -0.309. The molecule has 0 aromatic heterocycles. The van der Waals surface area contributed by atoms with Crippen LogP contribution in [0.1, 0.15) is 23.6 Å². The third-order valence-corrected chi connectivity index (χ3v) is 2.56. The van der Waals surface area contributed by atoms with E-state index in [-0.39, 0.29) is 5.97 Å². The Kier molecular flexibility index (Phi) is 6.15. The highest BCUT2D eigenvalue weighted by molar-refractivity contribution is 5.87. The molecule has 0 amide bonds. The van der Waals surface area contributed by atoms with Crippen LogP contribution in [-0.4, -0.2) is 26.3 Å². The molecule has 0 atom stereocenters. The van der Waals surface area contributed by atoms with E-state index >= 15 is 0 Å². The van der Waals surface area contributed by atoms with Crippen molar-refractivity contribution in [1.29, 1.82) is 0 Å². The summed E-state index contributed by atoms with van der Waals surface area (Å²) in [5.41, 5.74) is 3.38. The minimum Gasteiger partial charge on any atom is -0.463 e. The Hall–Kier alpha value is -1.61. The summed E-state index contributed by atoms with van der Waals surface area (Å²) >= 11 is 0. The topological polar surface area (TPSA) is 35.5 Å². The van der Waals surface area contributed by atoms with Crippen LogP contribution in [0.25, 0.3) is 6.08 Å². The number of hydrogen-bond donors (Lipinski definition) is 0. The Balaban J connectivity index is 2.84. The van der Waals surface area contributed by atoms with Crippen LogP contribution in [0.4, 0.5) is 0 Å². The Bertz CT molecular complexity index is 422. The monoisotopic (exact) mass is 248 g/mol. The van der Waals surface area contributed by atoms with Crippen LogP contribution in [0.2, 0.25) is 0 Å². The van der Waals surface area contributed by atoms with Crippen LogP contribution >= 0.6 is 0 Å². The number of aryl methyl sites for hydroxylation is 1. The number of rotatable bonds is 6. The number of methoxy groups -OCH3 is 1. The lowest BCUT2D eigenvalue weighted by molar-refractivity contribution is -0.137. The Labute approximate surface area is 108 Å². The molecule has 1 aromatic carbocycles. The van der Waals surface area contributed by atoms with Gasteiger partial charge in [0.05, 0.1) is 13.2 Å². The highest BCUT2D eigenvalue weighted by Crippen LogP contribution is 2.14. The van der Waals surface area contributed by atoms with Crippen LogP contribution in [0.3, 0.4) is 0 Å². The van der Waals surface area contributed by atoms with E-state index in [1.54, 1.807) is 20.1 Å². The maximum absolute atomic E-state index is 11.3. The SMILES string of the molecule is CCOC(=O)/C=C/c1cc(C)ccc1CCOC. The average molecular weight is 248 g/mol. The lowest BCUT2D eigenvalue weighted by Gasteiger charge is -2.07. The normalized spacial score (nSPS) is 10.8. The maximum atomic E-state index is 11.3. The quantitative estimate of drug-likeness (QED) is 0.573. The molecule has 3 nitrogen and oxygen atoms in total. The molecule has 18 heavy (non-hydrogen) atoms. The molecule has 3 heteroatoms. The summed E-state index contributed by atoms with van der Waals surface area (Å²) in [4.78, 5) is 11.3. The van der Waals surface area contributed by atoms with Gasteiger partial charge in [0, 0.05) is 13.2 Å². The van der Waals surface area contributed by atoms with Crippen molar-refractivity contribution in [2.75, 3.05) is 20.3 Å². The van der Waals surface area contributed by atoms with Gasteiger partial charge in [-0.1, -0.05) is 23.8 Å². The Morgan fingerprint density at radius 3 is 2.83 bits per heavy atom. The number of carbonyl (C=O) groups is 1. The molecule has 0 saturated heterocycles. The highest BCUT2D eigenvalue weighted by atomic mass is 16.5. The van der Waals surface area contributed by atoms with Crippen molar-refractivity contribution in [3.63, 3.8) is 0 Å². The van der Waals surface area contributed by atoms with Gasteiger partial charge in [-0.2, -0.15) is 0 Å². The first-order valence-corrected chi connectivity index (χ1v) is 6.10. The number of benzene rings is 1. The molecule has 0 saturated carbocycles. The van der Waals surface area contributed by atoms with Crippen molar-refractivity contribution in [3.8, 4) is 0 Å². The average Bonchev–Trinajstić information content (AvgIpc) is 2.35. The van der Waals surface area contributed by atoms with Crippen LogP contribution < -0.4 is 0 Å². The highest BCUT2D eigenvalue weighted by Gasteiger charge is 2.01. The molecule has 0 fully saturated rings. The van der Waals surface area contributed by atoms with Gasteiger partial charge in [-0.05, 0) is 37.5 Å². The van der Waals surface area contributed by atoms with Crippen molar-refractivity contribution in [2.45, 2.75) is 20.3 Å². The second-order valence-corrected chi connectivity index (χ2v) is 4.03. The molecule has 0 radical (unpaired) electrons. The van der Waals surface area contributed by atoms with E-state index in [0.29, 0.717) is 13.2 Å². The van der Waals surface area contributed by atoms with E-state index < -0.39 is 0 Å². The molecular weight excluding hydrogens is 228 g/mol. The molecule has 0 aliphatic carbocycles. The number of ether oxygens (including phenoxy) is 2. The van der Waals surface area contributed by atoms with Gasteiger partial charge in [-0.3, -0.25) is 0 Å². The van der Waals surface area contributed by atoms with E-state index in [1.807, 2.05) is 6.92 Å². The van der Waals surface area contributed by atoms with Gasteiger partial charge in [-0.15, -0.1) is 0 Å². The van der Waals surface area contributed by atoms with Gasteiger partial charge in [0.1, 0.15) is 0 Å². The minimum absolute atomic E-state index is 0.309. The van der Waals surface area contributed by atoms with Crippen molar-refractivity contribution in [2.24, 2.45) is 0 Å². The number of hydrogen-bond acceptors (Lipinski definition) is 3. The molecule has 0 spiro atoms. The summed E-state index contributed by atoms with van der Waals surface area (Å²) < 4.78 is 9.94. The number of esters is 1. The van der Waals surface area contributed by atoms with Gasteiger partial charge in [-0.25, -0.2) is 4.79 Å². The molecule has 1 aromatic rings. The minimum atomic E-state index is -0.309. The largest absolute Gasteiger partial charge is 0.463 e. The zero-order chi connectivity index (χ0) is 13.4. The van der Waals surface area contributed by atoms with Crippen LogP contribution in [0.5, 0.6) is 0 Å². The summed E-state index contributed by atoms with van der Waals surface area (Å²) in [6, 6.07) is 6.19. The van der Waals surface area contributed by atoms with Gasteiger partial charge >= 0.3 is 5.97 Å². The molecule has 0 aliphatic heterocycles. The Morgan fingerprint density at radius 2 is 2.17 bits per heavy atom. The third-order valence-electron chi connectivity index (χ3n) is 2.56. The molecule has 0 bridgehead atoms. The first-order valence-electron chi connectivity index (χ1n) is 6.10. The first kappa shape index (κ1) is 14.5. The van der Waals surface area contributed by atoms with Gasteiger partial charge in [0.25, 0.3) is 0 Å². The zero-order valence-electron chi connectivity index (χ0n) is 11.2. The molecule has 98 valence electrons. The third kappa shape index (κ3) is 4.72. The van der Waals surface area contributed by atoms with E-state index in [9.17, 15) is 4.79 Å². The fraction of sp³-hybridized carbons (Fsp3) is 0.400. The van der Waals surface area contributed by atoms with E-state index in [2.05, 4.69) is 18.2 Å². The fourth-order valence-corrected chi connectivity index (χ4v) is 1.66. The van der Waals surface area contributed by atoms with Crippen LogP contribution in [0, 0.1) is 6.92 Å². The van der Waals surface area contributed by atoms with E-state index in [1.165, 1.54) is 17.2 Å². The Morgan fingerprint density at radius 1 is 1.39 bits per heavy atom. The summed E-state index contributed by atoms with van der Waals surface area (Å²) in [6.07, 6.45) is 4.10. The molecule has 0 unspecified atom stereocenters. The molecular formula is C15H20O3. The summed E-state index contributed by atoms with van der Waals surface area (Å²) in [6.45, 7) is 4.89. The van der Waals surface area contributed by atoms with E-state index in [0.717, 1.165) is 12.0 Å². The fourth-order valence-electron chi connectivity index (χ4n) is 1.66. The molecule has 0 N–H and O–H groups in total. The van der Waals surface area contributed by atoms with Gasteiger partial charge < -0.3 is 9.47 Å². The van der Waals surface area contributed by atoms with Gasteiger partial charge in [0.15, 0.2) is 0 Å². The second-order valence-electron chi connectivity index (χ2n) is 4.03. The standard InChI is InChI=1S/C15H20O3/c1-4-18-15(16)8-7-14-11-12(2)5-6-13(14)9-10-17-3/h5-8,11H,4,9-10H2,1-3H3/b8-7+. The van der Waals surface area contributed by atoms with Crippen molar-refractivity contribution in [1.82, 2.24) is 0 Å². The van der Waals surface area contributed by atoms with Crippen molar-refractivity contribution >= 4 is 12.0 Å². The number of carbonyl (C=O) groups excluding carboxylic acids is 1. The zero-order valence-corrected chi connectivity index (χ0v) is 11.2.